The van der Waals surface area contributed by atoms with Gasteiger partial charge in [-0.3, -0.25) is 0 Å². The molecular weight excluding hydrogens is 441 g/mol. The number of fused-ring (bicyclic) bond motifs is 2. The van der Waals surface area contributed by atoms with Crippen molar-refractivity contribution in [2.45, 2.75) is 0 Å². The van der Waals surface area contributed by atoms with E-state index in [4.69, 9.17) is 4.98 Å². The monoisotopic (exact) mass is 469 g/mol. The van der Waals surface area contributed by atoms with Gasteiger partial charge in [0.05, 0.1) is 27.6 Å². The van der Waals surface area contributed by atoms with Crippen LogP contribution < -0.4 is 9.80 Å². The Bertz CT molecular complexity index is 1530. The summed E-state index contributed by atoms with van der Waals surface area (Å²) in [5.41, 5.74) is 7.12. The molecule has 0 atom stereocenters. The fourth-order valence-corrected chi connectivity index (χ4v) is 4.65. The molecule has 35 heavy (non-hydrogen) atoms. The van der Waals surface area contributed by atoms with Gasteiger partial charge in [0.25, 0.3) is 0 Å². The van der Waals surface area contributed by atoms with Crippen LogP contribution in [0.5, 0.6) is 0 Å². The molecule has 0 radical (unpaired) electrons. The third kappa shape index (κ3) is 4.00. The molecule has 5 aromatic rings. The molecule has 0 spiro atoms. The Morgan fingerprint density at radius 3 is 2.26 bits per heavy atom. The summed E-state index contributed by atoms with van der Waals surface area (Å²) >= 11 is 0. The number of hydrogen-bond donors (Lipinski definition) is 2. The van der Waals surface area contributed by atoms with Gasteiger partial charge in [0.1, 0.15) is 17.5 Å². The maximum atomic E-state index is 14.6. The highest BCUT2D eigenvalue weighted by Gasteiger charge is 2.16. The van der Waals surface area contributed by atoms with E-state index >= 15 is 0 Å². The van der Waals surface area contributed by atoms with E-state index in [1.54, 1.807) is 6.07 Å². The van der Waals surface area contributed by atoms with Crippen molar-refractivity contribution in [3.8, 4) is 22.8 Å². The number of piperazine rings is 1. The smallest absolute Gasteiger partial charge is 0.141 e. The summed E-state index contributed by atoms with van der Waals surface area (Å²) in [5.74, 6) is 1.01. The predicted molar refractivity (Wildman–Crippen MR) is 141 cm³/mol. The first-order chi connectivity index (χ1) is 16.9. The van der Waals surface area contributed by atoms with Crippen molar-refractivity contribution in [2.75, 3.05) is 57.1 Å². The molecule has 1 saturated heterocycles. The van der Waals surface area contributed by atoms with Crippen LogP contribution in [0.2, 0.25) is 0 Å². The highest BCUT2D eigenvalue weighted by Crippen LogP contribution is 2.30. The lowest BCUT2D eigenvalue weighted by atomic mass is 10.1. The summed E-state index contributed by atoms with van der Waals surface area (Å²) in [6.45, 7) is 4.20. The zero-order valence-electron chi connectivity index (χ0n) is 20.1. The van der Waals surface area contributed by atoms with Gasteiger partial charge in [0.15, 0.2) is 0 Å². The number of hydrogen-bond acceptors (Lipinski definition) is 5. The molecule has 1 aliphatic rings. The molecule has 1 fully saturated rings. The Hall–Kier alpha value is -3.91. The summed E-state index contributed by atoms with van der Waals surface area (Å²) in [6, 6.07) is 17.4. The van der Waals surface area contributed by atoms with Crippen LogP contribution in [0.25, 0.3) is 44.8 Å². The SMILES string of the molecule is CN1CCN(c2ccc3nc(-c4ccc5nc(-c6cc(N(C)C)ccc6F)[nH]c5c4)[nH]c3c2)CC1. The van der Waals surface area contributed by atoms with Crippen molar-refractivity contribution in [3.05, 3.63) is 60.4 Å². The highest BCUT2D eigenvalue weighted by atomic mass is 19.1. The van der Waals surface area contributed by atoms with Gasteiger partial charge in [-0.05, 0) is 61.6 Å². The van der Waals surface area contributed by atoms with E-state index in [0.717, 1.165) is 65.3 Å². The first-order valence-corrected chi connectivity index (χ1v) is 11.9. The topological polar surface area (TPSA) is 67.1 Å². The van der Waals surface area contributed by atoms with E-state index in [0.29, 0.717) is 11.4 Å². The average molecular weight is 470 g/mol. The van der Waals surface area contributed by atoms with Crippen molar-refractivity contribution in [2.24, 2.45) is 0 Å². The molecule has 0 unspecified atom stereocenters. The molecule has 0 bridgehead atoms. The maximum absolute atomic E-state index is 14.6. The summed E-state index contributed by atoms with van der Waals surface area (Å²) in [4.78, 5) is 23.0. The minimum atomic E-state index is -0.302. The molecule has 6 rings (SSSR count). The van der Waals surface area contributed by atoms with Crippen molar-refractivity contribution in [1.82, 2.24) is 24.8 Å². The number of halogens is 1. The van der Waals surface area contributed by atoms with Crippen LogP contribution in [-0.4, -0.2) is 72.2 Å². The second-order valence-electron chi connectivity index (χ2n) is 9.45. The van der Waals surface area contributed by atoms with Gasteiger partial charge in [0.2, 0.25) is 0 Å². The van der Waals surface area contributed by atoms with Gasteiger partial charge >= 0.3 is 0 Å². The van der Waals surface area contributed by atoms with E-state index < -0.39 is 0 Å². The van der Waals surface area contributed by atoms with Crippen LogP contribution in [0.4, 0.5) is 15.8 Å². The number of imidazole rings is 2. The first kappa shape index (κ1) is 21.6. The Labute approximate surface area is 203 Å². The van der Waals surface area contributed by atoms with Crippen LogP contribution in [0.15, 0.2) is 54.6 Å². The number of nitrogens with zero attached hydrogens (tertiary/aromatic N) is 5. The van der Waals surface area contributed by atoms with Crippen LogP contribution in [-0.2, 0) is 0 Å². The van der Waals surface area contributed by atoms with E-state index in [-0.39, 0.29) is 5.82 Å². The molecule has 3 heterocycles. The molecule has 3 aromatic carbocycles. The number of aromatic amines is 2. The number of nitrogens with one attached hydrogen (secondary N) is 2. The van der Waals surface area contributed by atoms with E-state index in [1.807, 2.05) is 43.3 Å². The molecule has 8 heteroatoms. The largest absolute Gasteiger partial charge is 0.378 e. The number of likely N-dealkylation sites (N-methyl/N-ethyl adjacent to an activating group) is 1. The van der Waals surface area contributed by atoms with E-state index in [9.17, 15) is 4.39 Å². The molecule has 0 aliphatic carbocycles. The van der Waals surface area contributed by atoms with Crippen LogP contribution >= 0.6 is 0 Å². The number of benzene rings is 3. The number of rotatable bonds is 4. The van der Waals surface area contributed by atoms with Gasteiger partial charge in [0, 0.05) is 57.2 Å². The van der Waals surface area contributed by atoms with Crippen LogP contribution in [0.1, 0.15) is 0 Å². The third-order valence-electron chi connectivity index (χ3n) is 6.81. The third-order valence-corrected chi connectivity index (χ3v) is 6.81. The Morgan fingerprint density at radius 2 is 1.49 bits per heavy atom. The van der Waals surface area contributed by atoms with Gasteiger partial charge < -0.3 is 24.7 Å². The van der Waals surface area contributed by atoms with Crippen molar-refractivity contribution >= 4 is 33.4 Å². The lowest BCUT2D eigenvalue weighted by molar-refractivity contribution is 0.313. The number of anilines is 2. The fourth-order valence-electron chi connectivity index (χ4n) is 4.65. The molecule has 178 valence electrons. The zero-order chi connectivity index (χ0) is 24.1. The molecule has 2 N–H and O–H groups in total. The first-order valence-electron chi connectivity index (χ1n) is 11.9. The van der Waals surface area contributed by atoms with Crippen LogP contribution in [0.3, 0.4) is 0 Å². The summed E-state index contributed by atoms with van der Waals surface area (Å²) < 4.78 is 14.6. The average Bonchev–Trinajstić information content (AvgIpc) is 3.47. The standard InChI is InChI=1S/C27H28FN7/c1-33(2)18-5-7-21(28)20(15-18)27-30-22-8-4-17(14-24(22)32-27)26-29-23-9-6-19(16-25(23)31-26)35-12-10-34(3)11-13-35/h4-9,14-16H,10-13H2,1-3H3,(H,29,31)(H,30,32). The molecule has 7 nitrogen and oxygen atoms in total. The molecule has 0 amide bonds. The lowest BCUT2D eigenvalue weighted by Crippen LogP contribution is -2.44. The number of H-pyrrole nitrogens is 2. The van der Waals surface area contributed by atoms with Crippen molar-refractivity contribution < 1.29 is 4.39 Å². The zero-order valence-corrected chi connectivity index (χ0v) is 20.1. The summed E-state index contributed by atoms with van der Waals surface area (Å²) in [5, 5.41) is 0. The minimum Gasteiger partial charge on any atom is -0.378 e. The van der Waals surface area contributed by atoms with Gasteiger partial charge in [-0.1, -0.05) is 0 Å². The Morgan fingerprint density at radius 1 is 0.800 bits per heavy atom. The van der Waals surface area contributed by atoms with Gasteiger partial charge in [-0.15, -0.1) is 0 Å². The molecule has 1 aliphatic heterocycles. The highest BCUT2D eigenvalue weighted by molar-refractivity contribution is 5.87. The van der Waals surface area contributed by atoms with E-state index in [2.05, 4.69) is 50.0 Å². The fraction of sp³-hybridized carbons (Fsp3) is 0.259. The normalized spacial score (nSPS) is 14.8. The predicted octanol–water partition coefficient (Wildman–Crippen LogP) is 4.73. The summed E-state index contributed by atoms with van der Waals surface area (Å²) in [6.07, 6.45) is 0. The van der Waals surface area contributed by atoms with Crippen molar-refractivity contribution in [1.29, 1.82) is 0 Å². The minimum absolute atomic E-state index is 0.302. The van der Waals surface area contributed by atoms with Crippen LogP contribution in [0, 0.1) is 5.82 Å². The molecule has 0 saturated carbocycles. The molecule has 2 aromatic heterocycles. The second kappa shape index (κ2) is 8.39. The Kier molecular flexibility index (Phi) is 5.18. The molecular formula is C27H28FN7. The van der Waals surface area contributed by atoms with Gasteiger partial charge in [-0.2, -0.15) is 0 Å². The quantitative estimate of drug-likeness (QED) is 0.398. The second-order valence-corrected chi connectivity index (χ2v) is 9.45. The summed E-state index contributed by atoms with van der Waals surface area (Å²) in [7, 11) is 6.03. The lowest BCUT2D eigenvalue weighted by Gasteiger charge is -2.34. The van der Waals surface area contributed by atoms with Crippen molar-refractivity contribution in [3.63, 3.8) is 0 Å². The number of aromatic nitrogens is 4. The Balaban J connectivity index is 1.33. The van der Waals surface area contributed by atoms with Gasteiger partial charge in [-0.25, -0.2) is 14.4 Å². The maximum Gasteiger partial charge on any atom is 0.141 e. The van der Waals surface area contributed by atoms with E-state index in [1.165, 1.54) is 11.8 Å².